The number of hydrogen-bond acceptors (Lipinski definition) is 7. The van der Waals surface area contributed by atoms with Gasteiger partial charge < -0.3 is 9.47 Å². The van der Waals surface area contributed by atoms with E-state index in [4.69, 9.17) is 9.47 Å². The summed E-state index contributed by atoms with van der Waals surface area (Å²) >= 11 is 1.11. The van der Waals surface area contributed by atoms with Gasteiger partial charge in [-0.15, -0.1) is 0 Å². The fraction of sp³-hybridized carbons (Fsp3) is 0.259. The lowest BCUT2D eigenvalue weighted by atomic mass is 9.95. The molecule has 0 spiro atoms. The molecule has 0 saturated carbocycles. The molecule has 0 N–H and O–H groups in total. The molecule has 1 unspecified atom stereocenters. The van der Waals surface area contributed by atoms with E-state index in [9.17, 15) is 18.8 Å². The maximum atomic E-state index is 14.3. The normalized spacial score (nSPS) is 15.5. The number of halogens is 1. The van der Waals surface area contributed by atoms with Crippen molar-refractivity contribution in [3.05, 3.63) is 102 Å². The number of fused-ring (bicyclic) bond motifs is 1. The van der Waals surface area contributed by atoms with Crippen LogP contribution in [0, 0.1) is 11.7 Å². The van der Waals surface area contributed by atoms with Gasteiger partial charge >= 0.3 is 11.9 Å². The maximum absolute atomic E-state index is 14.3. The summed E-state index contributed by atoms with van der Waals surface area (Å²) in [5.74, 6) is -1.41. The fourth-order valence-electron chi connectivity index (χ4n) is 3.87. The number of rotatable bonds is 6. The van der Waals surface area contributed by atoms with E-state index in [0.29, 0.717) is 21.6 Å². The summed E-state index contributed by atoms with van der Waals surface area (Å²) in [4.78, 5) is 43.6. The van der Waals surface area contributed by atoms with Crippen molar-refractivity contribution < 1.29 is 23.5 Å². The summed E-state index contributed by atoms with van der Waals surface area (Å²) in [6, 6.07) is 11.8. The van der Waals surface area contributed by atoms with Crippen LogP contribution in [0.25, 0.3) is 6.08 Å². The van der Waals surface area contributed by atoms with Crippen molar-refractivity contribution in [1.82, 2.24) is 4.57 Å². The average Bonchev–Trinajstić information content (AvgIpc) is 3.17. The minimum absolute atomic E-state index is 0.120. The minimum atomic E-state index is -0.838. The highest BCUT2D eigenvalue weighted by Crippen LogP contribution is 2.31. The third-order valence-electron chi connectivity index (χ3n) is 5.63. The molecule has 0 aliphatic carbocycles. The molecule has 2 heterocycles. The van der Waals surface area contributed by atoms with Crippen LogP contribution in [0.4, 0.5) is 4.39 Å². The van der Waals surface area contributed by atoms with Crippen molar-refractivity contribution >= 4 is 29.4 Å². The predicted octanol–water partition coefficient (Wildman–Crippen LogP) is 3.36. The van der Waals surface area contributed by atoms with Crippen LogP contribution in [0.15, 0.2) is 69.6 Å². The lowest BCUT2D eigenvalue weighted by Gasteiger charge is -2.25. The van der Waals surface area contributed by atoms with Crippen LogP contribution in [0.2, 0.25) is 0 Å². The molecule has 0 saturated heterocycles. The Labute approximate surface area is 210 Å². The second-order valence-electron chi connectivity index (χ2n) is 8.71. The van der Waals surface area contributed by atoms with Crippen LogP contribution in [0.3, 0.4) is 0 Å². The lowest BCUT2D eigenvalue weighted by molar-refractivity contribution is -0.140. The topological polar surface area (TPSA) is 87.0 Å². The van der Waals surface area contributed by atoms with Gasteiger partial charge in [-0.1, -0.05) is 55.5 Å². The molecule has 1 aliphatic rings. The maximum Gasteiger partial charge on any atom is 0.338 e. The van der Waals surface area contributed by atoms with Crippen molar-refractivity contribution in [1.29, 1.82) is 0 Å². The number of allylic oxidation sites excluding steroid dienone is 1. The third kappa shape index (κ3) is 4.92. The first kappa shape index (κ1) is 25.2. The van der Waals surface area contributed by atoms with Gasteiger partial charge in [-0.3, -0.25) is 9.36 Å². The zero-order valence-corrected chi connectivity index (χ0v) is 21.1. The van der Waals surface area contributed by atoms with Crippen molar-refractivity contribution in [3.63, 3.8) is 0 Å². The van der Waals surface area contributed by atoms with Crippen molar-refractivity contribution in [3.8, 4) is 0 Å². The number of benzene rings is 2. The van der Waals surface area contributed by atoms with Crippen LogP contribution in [-0.2, 0) is 14.3 Å². The number of ether oxygens (including phenoxy) is 2. The highest BCUT2D eigenvalue weighted by molar-refractivity contribution is 7.07. The zero-order valence-electron chi connectivity index (χ0n) is 20.3. The van der Waals surface area contributed by atoms with E-state index in [1.54, 1.807) is 49.4 Å². The standard InChI is InChI=1S/C27H25FN2O5S/c1-15(2)14-35-26(33)22-16(3)29-27-30(23(22)17-9-11-18(12-10-17)25(32)34-4)24(31)21(36-27)13-19-7-5-6-8-20(19)28/h5-13,15,23H,14H2,1-4H3. The van der Waals surface area contributed by atoms with Gasteiger partial charge in [0.25, 0.3) is 5.56 Å². The Morgan fingerprint density at radius 3 is 2.47 bits per heavy atom. The molecule has 2 aromatic carbocycles. The zero-order chi connectivity index (χ0) is 26.0. The van der Waals surface area contributed by atoms with Crippen LogP contribution < -0.4 is 14.9 Å². The van der Waals surface area contributed by atoms with Crippen molar-refractivity contribution in [2.24, 2.45) is 10.9 Å². The van der Waals surface area contributed by atoms with Gasteiger partial charge in [0, 0.05) is 5.56 Å². The summed E-state index contributed by atoms with van der Waals surface area (Å²) in [6.07, 6.45) is 1.48. The van der Waals surface area contributed by atoms with Gasteiger partial charge in [0.1, 0.15) is 5.82 Å². The summed E-state index contributed by atoms with van der Waals surface area (Å²) in [6.45, 7) is 5.75. The second kappa shape index (κ2) is 10.4. The van der Waals surface area contributed by atoms with E-state index < -0.39 is 29.4 Å². The first-order chi connectivity index (χ1) is 17.2. The number of aromatic nitrogens is 1. The molecule has 3 aromatic rings. The summed E-state index contributed by atoms with van der Waals surface area (Å²) in [5, 5.41) is 0. The second-order valence-corrected chi connectivity index (χ2v) is 9.72. The van der Waals surface area contributed by atoms with Gasteiger partial charge in [0.15, 0.2) is 4.80 Å². The Morgan fingerprint density at radius 2 is 1.83 bits per heavy atom. The predicted molar refractivity (Wildman–Crippen MR) is 134 cm³/mol. The SMILES string of the molecule is COC(=O)c1ccc(C2C(C(=O)OCC(C)C)=C(C)N=c3sc(=Cc4ccccc4F)c(=O)n32)cc1. The highest BCUT2D eigenvalue weighted by atomic mass is 32.1. The molecule has 0 radical (unpaired) electrons. The molecule has 1 atom stereocenters. The molecule has 186 valence electrons. The van der Waals surface area contributed by atoms with Crippen LogP contribution in [-0.4, -0.2) is 30.2 Å². The van der Waals surface area contributed by atoms with E-state index in [-0.39, 0.29) is 28.2 Å². The van der Waals surface area contributed by atoms with E-state index in [1.165, 1.54) is 23.8 Å². The molecule has 1 aromatic heterocycles. The largest absolute Gasteiger partial charge is 0.465 e. The molecule has 36 heavy (non-hydrogen) atoms. The number of methoxy groups -OCH3 is 1. The van der Waals surface area contributed by atoms with Crippen LogP contribution in [0.5, 0.6) is 0 Å². The van der Waals surface area contributed by atoms with Gasteiger partial charge in [-0.2, -0.15) is 0 Å². The third-order valence-corrected chi connectivity index (χ3v) is 6.61. The highest BCUT2D eigenvalue weighted by Gasteiger charge is 2.33. The molecule has 0 amide bonds. The first-order valence-corrected chi connectivity index (χ1v) is 12.2. The molecule has 7 nitrogen and oxygen atoms in total. The number of thiazole rings is 1. The first-order valence-electron chi connectivity index (χ1n) is 11.3. The van der Waals surface area contributed by atoms with E-state index in [0.717, 1.165) is 11.3 Å². The summed E-state index contributed by atoms with van der Waals surface area (Å²) < 4.78 is 26.3. The number of carbonyl (C=O) groups excluding carboxylic acids is 2. The smallest absolute Gasteiger partial charge is 0.338 e. The summed E-state index contributed by atoms with van der Waals surface area (Å²) in [7, 11) is 1.29. The Balaban J connectivity index is 1.90. The molecule has 0 fully saturated rings. The van der Waals surface area contributed by atoms with E-state index in [2.05, 4.69) is 4.99 Å². The van der Waals surface area contributed by atoms with E-state index >= 15 is 0 Å². The van der Waals surface area contributed by atoms with Gasteiger partial charge in [0.05, 0.1) is 41.1 Å². The molecule has 9 heteroatoms. The number of esters is 2. The number of carbonyl (C=O) groups is 2. The Morgan fingerprint density at radius 1 is 1.14 bits per heavy atom. The number of nitrogens with zero attached hydrogens (tertiary/aromatic N) is 2. The summed E-state index contributed by atoms with van der Waals surface area (Å²) in [5.41, 5.74) is 1.43. The molecular formula is C27H25FN2O5S. The van der Waals surface area contributed by atoms with Crippen LogP contribution >= 0.6 is 11.3 Å². The minimum Gasteiger partial charge on any atom is -0.465 e. The molecule has 4 rings (SSSR count). The van der Waals surface area contributed by atoms with E-state index in [1.807, 2.05) is 13.8 Å². The van der Waals surface area contributed by atoms with Gasteiger partial charge in [0.2, 0.25) is 0 Å². The van der Waals surface area contributed by atoms with Crippen molar-refractivity contribution in [2.75, 3.05) is 13.7 Å². The Kier molecular flexibility index (Phi) is 7.30. The van der Waals surface area contributed by atoms with Crippen molar-refractivity contribution in [2.45, 2.75) is 26.8 Å². The average molecular weight is 509 g/mol. The molecule has 1 aliphatic heterocycles. The van der Waals surface area contributed by atoms with Gasteiger partial charge in [-0.25, -0.2) is 19.0 Å². The quantitative estimate of drug-likeness (QED) is 0.477. The monoisotopic (exact) mass is 508 g/mol. The molecular weight excluding hydrogens is 483 g/mol. The number of hydrogen-bond donors (Lipinski definition) is 0. The molecule has 0 bridgehead atoms. The Bertz CT molecular complexity index is 1530. The van der Waals surface area contributed by atoms with Gasteiger partial charge in [-0.05, 0) is 42.7 Å². The fourth-order valence-corrected chi connectivity index (χ4v) is 4.91. The van der Waals surface area contributed by atoms with Crippen LogP contribution in [0.1, 0.15) is 48.3 Å². The lowest BCUT2D eigenvalue weighted by Crippen LogP contribution is -2.40. The Hall–Kier alpha value is -3.85.